The maximum atomic E-state index is 14.4. The normalized spacial score (nSPS) is 15.0. The van der Waals surface area contributed by atoms with E-state index >= 15 is 0 Å². The second kappa shape index (κ2) is 45.2. The summed E-state index contributed by atoms with van der Waals surface area (Å²) in [6.07, 6.45) is 7.79. The van der Waals surface area contributed by atoms with Crippen molar-refractivity contribution in [3.63, 3.8) is 0 Å². The molecule has 1 heterocycles. The fraction of sp³-hybridized carbons (Fsp3) is 0.603. The minimum Gasteiger partial charge on any atom is -0.481 e. The lowest BCUT2D eigenvalue weighted by molar-refractivity contribution is -0.143. The second-order valence-electron chi connectivity index (χ2n) is 22.9. The number of ketones is 1. The van der Waals surface area contributed by atoms with Gasteiger partial charge in [-0.1, -0.05) is 73.5 Å². The molecule has 505 valence electrons. The number of carboxylic acids is 5. The van der Waals surface area contributed by atoms with Crippen LogP contribution in [0.2, 0.25) is 0 Å². The van der Waals surface area contributed by atoms with Crippen molar-refractivity contribution in [2.24, 2.45) is 5.92 Å². The molecule has 1 saturated heterocycles. The van der Waals surface area contributed by atoms with E-state index in [1.807, 2.05) is 0 Å². The summed E-state index contributed by atoms with van der Waals surface area (Å²) in [5.74, 6) is -9.11. The number of urea groups is 1. The lowest BCUT2D eigenvalue weighted by atomic mass is 9.89. The van der Waals surface area contributed by atoms with Crippen LogP contribution in [0.5, 0.6) is 0 Å². The monoisotopic (exact) mass is 1280 g/mol. The molecule has 28 heteroatoms. The average molecular weight is 1280 g/mol. The number of hydrogen-bond donors (Lipinski definition) is 12. The number of benzene rings is 2. The Labute approximate surface area is 532 Å². The number of carbonyl (C=O) groups is 12. The largest absolute Gasteiger partial charge is 0.481 e. The molecule has 1 aliphatic rings. The van der Waals surface area contributed by atoms with Crippen LogP contribution in [-0.4, -0.2) is 239 Å². The standard InChI is InChI=1S/C63H96N11O17/c1-46(24-25-57(80)81)68-63(91)67-29-15-6-14-27-64-53(76)22-11-2-3-12-23-54(77)65-28-16-13-21-50(62(89)90)70-61(88)49(39-47-17-7-4-8-18-47)41-52(75)51(40-48-19-9-5-10-20-48)69-55(78)26-30-66-56(79)42-71-31-33-72(43-58(82)83)35-37-74(45-60(86)87)38-36-73(34-32-71)44-59(84)85/h4-5,7-10,17-20,26,46,49-51H,2-3,6,11-16,21-25,27-45H2,1H3,(H,64,76)(H,65,77)(H,66,79)(H,69,78)(H,70,88)(H,80,81)(H,82,83)(H,84,85)(H,86,87)(H,89,90)(H2,67,68,91)/t46-,49?,50?,51?/m1/s1. The van der Waals surface area contributed by atoms with Crippen molar-refractivity contribution < 1.29 is 83.1 Å². The molecule has 3 rings (SSSR count). The number of hydrogen-bond acceptors (Lipinski definition) is 16. The van der Waals surface area contributed by atoms with Gasteiger partial charge in [-0.2, -0.15) is 0 Å². The zero-order chi connectivity index (χ0) is 66.8. The first-order valence-electron chi connectivity index (χ1n) is 31.4. The maximum Gasteiger partial charge on any atom is 0.326 e. The van der Waals surface area contributed by atoms with Gasteiger partial charge in [-0.15, -0.1) is 0 Å². The van der Waals surface area contributed by atoms with E-state index in [9.17, 15) is 78.0 Å². The van der Waals surface area contributed by atoms with Gasteiger partial charge in [0.1, 0.15) is 6.04 Å². The number of nitrogens with one attached hydrogen (secondary N) is 7. The number of aliphatic carboxylic acids is 5. The van der Waals surface area contributed by atoms with Gasteiger partial charge in [0.05, 0.1) is 38.6 Å². The SMILES string of the molecule is C[C@H](CCC(=O)O)NC(=O)NCCCCCNC(=O)CCCCCCC(=O)NCCCCC(NC(=O)C(CC(=O)C(Cc1ccccc1)NC(=O)[CH]CNC(=O)CN1CCN(CC(=O)O)CCN(CC(=O)O)CCN(CC(=O)O)CC1)Cc1ccccc1)C(=O)O. The molecule has 1 fully saturated rings. The Balaban J connectivity index is 1.48. The first-order valence-corrected chi connectivity index (χ1v) is 31.4. The van der Waals surface area contributed by atoms with E-state index in [-0.39, 0.29) is 154 Å². The topological polar surface area (TPSA) is 403 Å². The molecular formula is C63H96N11O17. The fourth-order valence-electron chi connectivity index (χ4n) is 10.1. The molecular weight excluding hydrogens is 1180 g/mol. The Kier molecular flexibility index (Phi) is 38.3. The quantitative estimate of drug-likeness (QED) is 0.0417. The van der Waals surface area contributed by atoms with Gasteiger partial charge in [0.15, 0.2) is 5.78 Å². The summed E-state index contributed by atoms with van der Waals surface area (Å²) in [6, 6.07) is 14.7. The zero-order valence-corrected chi connectivity index (χ0v) is 52.4. The van der Waals surface area contributed by atoms with E-state index in [4.69, 9.17) is 5.11 Å². The van der Waals surface area contributed by atoms with Crippen LogP contribution < -0.4 is 37.2 Å². The Morgan fingerprint density at radius 1 is 0.451 bits per heavy atom. The van der Waals surface area contributed by atoms with Crippen molar-refractivity contribution >= 4 is 71.2 Å². The number of nitrogens with zero attached hydrogens (tertiary/aromatic N) is 4. The molecule has 0 aromatic heterocycles. The van der Waals surface area contributed by atoms with Crippen LogP contribution in [-0.2, 0) is 65.6 Å². The summed E-state index contributed by atoms with van der Waals surface area (Å²) >= 11 is 0. The van der Waals surface area contributed by atoms with E-state index in [1.54, 1.807) is 87.2 Å². The van der Waals surface area contributed by atoms with Gasteiger partial charge in [0.25, 0.3) is 0 Å². The van der Waals surface area contributed by atoms with Gasteiger partial charge in [0.2, 0.25) is 29.5 Å². The third-order valence-electron chi connectivity index (χ3n) is 15.1. The Hall–Kier alpha value is -8.08. The molecule has 0 saturated carbocycles. The molecule has 2 aromatic rings. The van der Waals surface area contributed by atoms with Crippen molar-refractivity contribution in [3.05, 3.63) is 78.2 Å². The summed E-state index contributed by atoms with van der Waals surface area (Å²) in [4.78, 5) is 157. The van der Waals surface area contributed by atoms with Crippen molar-refractivity contribution in [1.29, 1.82) is 0 Å². The molecule has 1 aliphatic heterocycles. The van der Waals surface area contributed by atoms with Crippen LogP contribution in [0.4, 0.5) is 4.79 Å². The molecule has 4 atom stereocenters. The lowest BCUT2D eigenvalue weighted by Gasteiger charge is -2.32. The molecule has 91 heavy (non-hydrogen) atoms. The van der Waals surface area contributed by atoms with Crippen molar-refractivity contribution in [1.82, 2.24) is 56.8 Å². The van der Waals surface area contributed by atoms with Crippen LogP contribution in [0.15, 0.2) is 60.7 Å². The zero-order valence-electron chi connectivity index (χ0n) is 52.4. The third-order valence-corrected chi connectivity index (χ3v) is 15.1. The van der Waals surface area contributed by atoms with Crippen molar-refractivity contribution in [2.75, 3.05) is 105 Å². The van der Waals surface area contributed by atoms with Crippen LogP contribution in [0.3, 0.4) is 0 Å². The van der Waals surface area contributed by atoms with E-state index in [0.717, 1.165) is 38.5 Å². The second-order valence-corrected chi connectivity index (χ2v) is 22.9. The molecule has 0 aliphatic carbocycles. The Morgan fingerprint density at radius 2 is 0.901 bits per heavy atom. The Morgan fingerprint density at radius 3 is 1.37 bits per heavy atom. The summed E-state index contributed by atoms with van der Waals surface area (Å²) in [7, 11) is 0. The third kappa shape index (κ3) is 37.6. The Bertz CT molecular complexity index is 2570. The first-order chi connectivity index (χ1) is 43.5. The summed E-state index contributed by atoms with van der Waals surface area (Å²) < 4.78 is 0. The number of carboxylic acid groups (broad SMARTS) is 5. The maximum absolute atomic E-state index is 14.4. The smallest absolute Gasteiger partial charge is 0.326 e. The molecule has 0 spiro atoms. The van der Waals surface area contributed by atoms with Gasteiger partial charge >= 0.3 is 35.9 Å². The highest BCUT2D eigenvalue weighted by molar-refractivity contribution is 5.95. The predicted molar refractivity (Wildman–Crippen MR) is 335 cm³/mol. The van der Waals surface area contributed by atoms with Crippen LogP contribution in [0, 0.1) is 12.3 Å². The van der Waals surface area contributed by atoms with E-state index in [2.05, 4.69) is 37.2 Å². The number of Topliss-reactive ketones (excluding diaryl/α,β-unsaturated/α-hetero) is 1. The van der Waals surface area contributed by atoms with E-state index in [0.29, 0.717) is 62.7 Å². The highest BCUT2D eigenvalue weighted by atomic mass is 16.4. The molecule has 1 radical (unpaired) electrons. The average Bonchev–Trinajstić information content (AvgIpc) is 3.38. The van der Waals surface area contributed by atoms with E-state index < -0.39 is 71.4 Å². The van der Waals surface area contributed by atoms with Crippen molar-refractivity contribution in [3.8, 4) is 0 Å². The number of unbranched alkanes of at least 4 members (excludes halogenated alkanes) is 6. The minimum absolute atomic E-state index is 0.0224. The number of carbonyl (C=O) groups excluding carboxylic acids is 7. The summed E-state index contributed by atoms with van der Waals surface area (Å²) in [5.41, 5.74) is 1.41. The molecule has 28 nitrogen and oxygen atoms in total. The molecule has 0 bridgehead atoms. The van der Waals surface area contributed by atoms with Crippen molar-refractivity contribution in [2.45, 2.75) is 134 Å². The lowest BCUT2D eigenvalue weighted by Crippen LogP contribution is -2.50. The first kappa shape index (κ1) is 77.2. The summed E-state index contributed by atoms with van der Waals surface area (Å²) in [5, 5.41) is 66.8. The van der Waals surface area contributed by atoms with Crippen LogP contribution >= 0.6 is 0 Å². The highest BCUT2D eigenvalue weighted by Crippen LogP contribution is 2.18. The molecule has 12 N–H and O–H groups in total. The molecule has 7 amide bonds. The number of rotatable bonds is 44. The minimum atomic E-state index is -1.31. The van der Waals surface area contributed by atoms with E-state index in [1.165, 1.54) is 0 Å². The van der Waals surface area contributed by atoms with Crippen LogP contribution in [0.25, 0.3) is 0 Å². The van der Waals surface area contributed by atoms with Gasteiger partial charge in [-0.25, -0.2) is 9.59 Å². The molecule has 2 aromatic carbocycles. The fourth-order valence-corrected chi connectivity index (χ4v) is 10.1. The predicted octanol–water partition coefficient (Wildman–Crippen LogP) is 1.36. The van der Waals surface area contributed by atoms with Gasteiger partial charge in [0, 0.05) is 116 Å². The summed E-state index contributed by atoms with van der Waals surface area (Å²) in [6.45, 7) is 3.16. The van der Waals surface area contributed by atoms with Gasteiger partial charge < -0.3 is 62.8 Å². The number of amides is 7. The van der Waals surface area contributed by atoms with Gasteiger partial charge in [-0.3, -0.25) is 67.5 Å². The highest BCUT2D eigenvalue weighted by Gasteiger charge is 2.31. The van der Waals surface area contributed by atoms with Gasteiger partial charge in [-0.05, 0) is 88.7 Å². The molecule has 3 unspecified atom stereocenters. The van der Waals surface area contributed by atoms with Crippen LogP contribution in [0.1, 0.15) is 114 Å².